The van der Waals surface area contributed by atoms with E-state index in [1.165, 1.54) is 22.3 Å². The summed E-state index contributed by atoms with van der Waals surface area (Å²) in [6, 6.07) is 16.6. The smallest absolute Gasteiger partial charge is 0.407 e. The summed E-state index contributed by atoms with van der Waals surface area (Å²) >= 11 is 0. The lowest BCUT2D eigenvalue weighted by atomic mass is 9.98. The van der Waals surface area contributed by atoms with Gasteiger partial charge in [0.15, 0.2) is 0 Å². The van der Waals surface area contributed by atoms with E-state index in [0.717, 1.165) is 25.7 Å². The van der Waals surface area contributed by atoms with Gasteiger partial charge in [-0.15, -0.1) is 0 Å². The average Bonchev–Trinajstić information content (AvgIpc) is 2.97. The van der Waals surface area contributed by atoms with E-state index < -0.39 is 0 Å². The van der Waals surface area contributed by atoms with E-state index in [-0.39, 0.29) is 18.6 Å². The van der Waals surface area contributed by atoms with Crippen LogP contribution in [-0.2, 0) is 4.74 Å². The highest BCUT2D eigenvalue weighted by molar-refractivity contribution is 5.79. The summed E-state index contributed by atoms with van der Waals surface area (Å²) < 4.78 is 5.48. The standard InChI is InChI=1S/C21H25NO3/c23-14-8-2-1-7-13-22-21(24)25-15-20-18-11-5-3-9-16(18)17-10-4-6-12-19(17)20/h3-6,9-12,20,23H,1-2,7-8,13-15H2,(H,22,24). The third-order valence-electron chi connectivity index (χ3n) is 4.70. The van der Waals surface area contributed by atoms with Gasteiger partial charge in [0.1, 0.15) is 6.61 Å². The first kappa shape index (κ1) is 17.5. The molecule has 4 nitrogen and oxygen atoms in total. The summed E-state index contributed by atoms with van der Waals surface area (Å²) in [4.78, 5) is 11.9. The van der Waals surface area contributed by atoms with Crippen LogP contribution < -0.4 is 5.32 Å². The SMILES string of the molecule is O=C(NCCCCCCO)OCC1c2ccccc2-c2ccccc21. The van der Waals surface area contributed by atoms with Gasteiger partial charge in [0.2, 0.25) is 0 Å². The van der Waals surface area contributed by atoms with Crippen LogP contribution in [0.2, 0.25) is 0 Å². The van der Waals surface area contributed by atoms with Crippen LogP contribution in [-0.4, -0.2) is 31.0 Å². The Bertz CT molecular complexity index is 668. The van der Waals surface area contributed by atoms with Crippen LogP contribution in [0.25, 0.3) is 11.1 Å². The van der Waals surface area contributed by atoms with Crippen LogP contribution in [0.4, 0.5) is 4.79 Å². The molecule has 0 heterocycles. The van der Waals surface area contributed by atoms with Crippen LogP contribution in [0, 0.1) is 0 Å². The van der Waals surface area contributed by atoms with Crippen LogP contribution in [0.3, 0.4) is 0 Å². The number of aliphatic hydroxyl groups is 1. The molecular formula is C21H25NO3. The van der Waals surface area contributed by atoms with Crippen molar-refractivity contribution in [1.29, 1.82) is 0 Å². The zero-order chi connectivity index (χ0) is 17.5. The van der Waals surface area contributed by atoms with Crippen molar-refractivity contribution in [3.8, 4) is 11.1 Å². The normalized spacial score (nSPS) is 12.5. The fourth-order valence-corrected chi connectivity index (χ4v) is 3.43. The molecule has 0 unspecified atom stereocenters. The molecule has 25 heavy (non-hydrogen) atoms. The van der Waals surface area contributed by atoms with Crippen LogP contribution in [0.1, 0.15) is 42.7 Å². The lowest BCUT2D eigenvalue weighted by Crippen LogP contribution is -2.27. The summed E-state index contributed by atoms with van der Waals surface area (Å²) in [5.41, 5.74) is 4.91. The second kappa shape index (κ2) is 8.67. The topological polar surface area (TPSA) is 58.6 Å². The Morgan fingerprint density at radius 3 is 2.16 bits per heavy atom. The Kier molecular flexibility index (Phi) is 6.07. The minimum Gasteiger partial charge on any atom is -0.449 e. The number of unbranched alkanes of at least 4 members (excludes halogenated alkanes) is 3. The quantitative estimate of drug-likeness (QED) is 0.713. The Labute approximate surface area is 148 Å². The van der Waals surface area contributed by atoms with Gasteiger partial charge in [-0.25, -0.2) is 4.79 Å². The summed E-state index contributed by atoms with van der Waals surface area (Å²) in [5, 5.41) is 11.5. The minimum absolute atomic E-state index is 0.0997. The lowest BCUT2D eigenvalue weighted by molar-refractivity contribution is 0.143. The van der Waals surface area contributed by atoms with E-state index in [4.69, 9.17) is 9.84 Å². The molecule has 0 spiro atoms. The number of alkyl carbamates (subject to hydrolysis) is 1. The number of fused-ring (bicyclic) bond motifs is 3. The molecule has 132 valence electrons. The molecule has 0 saturated carbocycles. The van der Waals surface area contributed by atoms with Gasteiger partial charge in [-0.3, -0.25) is 0 Å². The predicted octanol–water partition coefficient (Wildman–Crippen LogP) is 4.08. The maximum atomic E-state index is 11.9. The number of benzene rings is 2. The van der Waals surface area contributed by atoms with Gasteiger partial charge in [-0.1, -0.05) is 61.4 Å². The van der Waals surface area contributed by atoms with Gasteiger partial charge >= 0.3 is 6.09 Å². The molecule has 0 aromatic heterocycles. The summed E-state index contributed by atoms with van der Waals surface area (Å²) in [6.07, 6.45) is 3.37. The fraction of sp³-hybridized carbons (Fsp3) is 0.381. The second-order valence-corrected chi connectivity index (χ2v) is 6.39. The molecular weight excluding hydrogens is 314 g/mol. The molecule has 1 aliphatic rings. The summed E-state index contributed by atoms with van der Waals surface area (Å²) in [7, 11) is 0. The highest BCUT2D eigenvalue weighted by Crippen LogP contribution is 2.44. The molecule has 3 rings (SSSR count). The number of ether oxygens (including phenoxy) is 1. The Hall–Kier alpha value is -2.33. The first-order chi connectivity index (χ1) is 12.3. The summed E-state index contributed by atoms with van der Waals surface area (Å²) in [5.74, 6) is 0.0997. The first-order valence-electron chi connectivity index (χ1n) is 9.01. The zero-order valence-electron chi connectivity index (χ0n) is 14.4. The minimum atomic E-state index is -0.357. The van der Waals surface area contributed by atoms with Crippen LogP contribution in [0.15, 0.2) is 48.5 Å². The maximum Gasteiger partial charge on any atom is 0.407 e. The van der Waals surface area contributed by atoms with E-state index in [2.05, 4.69) is 29.6 Å². The highest BCUT2D eigenvalue weighted by atomic mass is 16.5. The third kappa shape index (κ3) is 4.20. The maximum absolute atomic E-state index is 11.9. The van der Waals surface area contributed by atoms with Gasteiger partial charge in [-0.2, -0.15) is 0 Å². The van der Waals surface area contributed by atoms with Crippen molar-refractivity contribution < 1.29 is 14.6 Å². The molecule has 1 amide bonds. The number of carbonyl (C=O) groups is 1. The van der Waals surface area contributed by atoms with E-state index in [1.54, 1.807) is 0 Å². The number of rotatable bonds is 8. The zero-order valence-corrected chi connectivity index (χ0v) is 14.4. The number of carbonyl (C=O) groups excluding carboxylic acids is 1. The predicted molar refractivity (Wildman–Crippen MR) is 98.6 cm³/mol. The van der Waals surface area contributed by atoms with Crippen molar-refractivity contribution in [2.75, 3.05) is 19.8 Å². The Morgan fingerprint density at radius 1 is 0.920 bits per heavy atom. The van der Waals surface area contributed by atoms with E-state index in [0.29, 0.717) is 13.2 Å². The third-order valence-corrected chi connectivity index (χ3v) is 4.70. The molecule has 0 atom stereocenters. The number of hydrogen-bond donors (Lipinski definition) is 2. The van der Waals surface area contributed by atoms with Gasteiger partial charge in [0.05, 0.1) is 0 Å². The molecule has 0 fully saturated rings. The number of amides is 1. The van der Waals surface area contributed by atoms with Crippen LogP contribution in [0.5, 0.6) is 0 Å². The van der Waals surface area contributed by atoms with Crippen molar-refractivity contribution in [2.45, 2.75) is 31.6 Å². The monoisotopic (exact) mass is 339 g/mol. The number of aliphatic hydroxyl groups excluding tert-OH is 1. The van der Waals surface area contributed by atoms with Gasteiger partial charge in [0, 0.05) is 19.1 Å². The van der Waals surface area contributed by atoms with Crippen molar-refractivity contribution in [3.05, 3.63) is 59.7 Å². The highest BCUT2D eigenvalue weighted by Gasteiger charge is 2.28. The molecule has 0 aliphatic heterocycles. The molecule has 2 N–H and O–H groups in total. The van der Waals surface area contributed by atoms with Gasteiger partial charge in [-0.05, 0) is 35.1 Å². The van der Waals surface area contributed by atoms with E-state index >= 15 is 0 Å². The molecule has 2 aromatic rings. The van der Waals surface area contributed by atoms with Gasteiger partial charge < -0.3 is 15.2 Å². The van der Waals surface area contributed by atoms with E-state index in [1.807, 2.05) is 24.3 Å². The van der Waals surface area contributed by atoms with Crippen LogP contribution >= 0.6 is 0 Å². The van der Waals surface area contributed by atoms with Gasteiger partial charge in [0.25, 0.3) is 0 Å². The van der Waals surface area contributed by atoms with E-state index in [9.17, 15) is 4.79 Å². The average molecular weight is 339 g/mol. The largest absolute Gasteiger partial charge is 0.449 e. The van der Waals surface area contributed by atoms with Crippen molar-refractivity contribution >= 4 is 6.09 Å². The second-order valence-electron chi connectivity index (χ2n) is 6.39. The molecule has 4 heteroatoms. The Balaban J connectivity index is 1.52. The van der Waals surface area contributed by atoms with Crippen molar-refractivity contribution in [1.82, 2.24) is 5.32 Å². The number of hydrogen-bond acceptors (Lipinski definition) is 3. The molecule has 0 bridgehead atoms. The fourth-order valence-electron chi connectivity index (χ4n) is 3.43. The molecule has 2 aromatic carbocycles. The first-order valence-corrected chi connectivity index (χ1v) is 9.01. The molecule has 0 radical (unpaired) electrons. The van der Waals surface area contributed by atoms with Crippen molar-refractivity contribution in [2.24, 2.45) is 0 Å². The molecule has 0 saturated heterocycles. The Morgan fingerprint density at radius 2 is 1.52 bits per heavy atom. The lowest BCUT2D eigenvalue weighted by Gasteiger charge is -2.14. The van der Waals surface area contributed by atoms with Crippen molar-refractivity contribution in [3.63, 3.8) is 0 Å². The summed E-state index contributed by atoms with van der Waals surface area (Å²) in [6.45, 7) is 1.20. The molecule has 1 aliphatic carbocycles. The number of nitrogens with one attached hydrogen (secondary N) is 1.